The van der Waals surface area contributed by atoms with E-state index in [-0.39, 0.29) is 0 Å². The first-order valence-electron chi connectivity index (χ1n) is 13.4. The van der Waals surface area contributed by atoms with Gasteiger partial charge in [0, 0.05) is 3.57 Å². The van der Waals surface area contributed by atoms with Crippen molar-refractivity contribution in [1.29, 1.82) is 0 Å². The first-order valence-corrected chi connectivity index (χ1v) is 14.5. The molecule has 0 aliphatic carbocycles. The van der Waals surface area contributed by atoms with Crippen LogP contribution in [0.5, 0.6) is 0 Å². The molecule has 0 spiro atoms. The molecule has 0 aliphatic heterocycles. The van der Waals surface area contributed by atoms with Crippen LogP contribution in [-0.4, -0.2) is 6.15 Å². The molecule has 0 aliphatic rings. The predicted molar refractivity (Wildman–Crippen MR) is 153 cm³/mol. The summed E-state index contributed by atoms with van der Waals surface area (Å²) in [6.07, 6.45) is -7.22. The van der Waals surface area contributed by atoms with Crippen LogP contribution in [0.25, 0.3) is 0 Å². The minimum absolute atomic E-state index is 1.30. The van der Waals surface area contributed by atoms with Gasteiger partial charge in [-0.15, -0.1) is 21.9 Å². The van der Waals surface area contributed by atoms with Crippen LogP contribution in [0.3, 0.4) is 0 Å². The van der Waals surface area contributed by atoms with Gasteiger partial charge in [0.2, 0.25) is 0 Å². The summed E-state index contributed by atoms with van der Waals surface area (Å²) in [5.74, 6) is -71.4. The van der Waals surface area contributed by atoms with Crippen molar-refractivity contribution >= 4 is 50.6 Å². The van der Waals surface area contributed by atoms with Gasteiger partial charge in [-0.3, -0.25) is 0 Å². The Morgan fingerprint density at radius 1 is 0.283 bits per heavy atom. The van der Waals surface area contributed by atoms with E-state index >= 15 is 35.1 Å². The summed E-state index contributed by atoms with van der Waals surface area (Å²) in [7, 11) is 0. The molecule has 0 amide bonds. The van der Waals surface area contributed by atoms with E-state index < -0.39 is 144 Å². The highest BCUT2D eigenvalue weighted by Gasteiger charge is 2.52. The summed E-state index contributed by atoms with van der Waals surface area (Å²) < 4.78 is 295. The number of hydrogen-bond acceptors (Lipinski definition) is 0. The zero-order valence-corrected chi connectivity index (χ0v) is 27.0. The van der Waals surface area contributed by atoms with Gasteiger partial charge in [-0.1, -0.05) is 17.7 Å². The number of benzene rings is 5. The number of hydrogen-bond donors (Lipinski definition) is 0. The van der Waals surface area contributed by atoms with Crippen molar-refractivity contribution in [3.8, 4) is 0 Å². The maximum atomic E-state index is 15.4. The molecule has 0 bridgehead atoms. The molecule has 53 heavy (non-hydrogen) atoms. The van der Waals surface area contributed by atoms with Gasteiger partial charge in [0.1, 0.15) is 52.7 Å². The van der Waals surface area contributed by atoms with Crippen LogP contribution in [0.2, 0.25) is 0 Å². The summed E-state index contributed by atoms with van der Waals surface area (Å²) in [6, 6.07) is 8.44. The van der Waals surface area contributed by atoms with Gasteiger partial charge < -0.3 is 0 Å². The van der Waals surface area contributed by atoms with E-state index in [4.69, 9.17) is 0 Å². The van der Waals surface area contributed by atoms with Crippen LogP contribution < -0.4 is 21.9 Å². The summed E-state index contributed by atoms with van der Waals surface area (Å²) in [5, 5.41) is 0. The van der Waals surface area contributed by atoms with E-state index in [0.717, 1.165) is 0 Å². The summed E-state index contributed by atoms with van der Waals surface area (Å²) >= 11 is 2.30. The maximum absolute atomic E-state index is 15.4. The van der Waals surface area contributed by atoms with E-state index in [0.29, 0.717) is 0 Å². The second-order valence-corrected chi connectivity index (χ2v) is 11.8. The van der Waals surface area contributed by atoms with Gasteiger partial charge in [0.05, 0.1) is 0 Å². The standard InChI is InChI=1S/C24BF20.C7H7I/c26-5-1(6(27)14(35)21(42)13(5)34)25(2-7(28)15(36)22(43)16(37)8(2)29,3-9(30)17(38)23(44)18(39)10(3)31)4-11(32)19(40)24(45)20(41)12(4)33;1-6-2-4-7(8)5-3-6/h;2-5H,1H3/q-1;. The molecule has 282 valence electrons. The lowest BCUT2D eigenvalue weighted by Crippen LogP contribution is -2.81. The normalized spacial score (nSPS) is 11.6. The first-order chi connectivity index (χ1) is 24.5. The Kier molecular flexibility index (Phi) is 11.5. The fourth-order valence-corrected chi connectivity index (χ4v) is 5.77. The Labute approximate surface area is 294 Å². The lowest BCUT2D eigenvalue weighted by Gasteiger charge is -2.44. The smallest absolute Gasteiger partial charge is 0.200 e. The Morgan fingerprint density at radius 3 is 0.585 bits per heavy atom. The van der Waals surface area contributed by atoms with Crippen molar-refractivity contribution in [3.05, 3.63) is 150 Å². The molecule has 0 saturated carbocycles. The van der Waals surface area contributed by atoms with Gasteiger partial charge in [-0.25, -0.2) is 87.8 Å². The molecule has 5 aromatic rings. The lowest BCUT2D eigenvalue weighted by molar-refractivity contribution is 0.378. The predicted octanol–water partition coefficient (Wildman–Crippen LogP) is 8.45. The van der Waals surface area contributed by atoms with E-state index in [2.05, 4.69) is 53.8 Å². The summed E-state index contributed by atoms with van der Waals surface area (Å²) in [4.78, 5) is 0. The molecule has 0 saturated heterocycles. The van der Waals surface area contributed by atoms with E-state index in [1.165, 1.54) is 9.13 Å². The molecule has 5 rings (SSSR count). The Hall–Kier alpha value is -4.51. The van der Waals surface area contributed by atoms with Crippen molar-refractivity contribution in [3.63, 3.8) is 0 Å². The topological polar surface area (TPSA) is 0 Å². The van der Waals surface area contributed by atoms with E-state index in [9.17, 15) is 52.7 Å². The van der Waals surface area contributed by atoms with Gasteiger partial charge in [-0.2, -0.15) is 0 Å². The second-order valence-electron chi connectivity index (χ2n) is 10.6. The molecule has 5 aromatic carbocycles. The van der Waals surface area contributed by atoms with Gasteiger partial charge >= 0.3 is 0 Å². The number of halogens is 21. The second kappa shape index (κ2) is 14.7. The minimum Gasteiger partial charge on any atom is -0.207 e. The molecule has 0 unspecified atom stereocenters. The van der Waals surface area contributed by atoms with Gasteiger partial charge in [-0.05, 0) is 41.6 Å². The van der Waals surface area contributed by atoms with Crippen molar-refractivity contribution in [2.75, 3.05) is 0 Å². The zero-order valence-electron chi connectivity index (χ0n) is 24.8. The molecule has 0 N–H and O–H groups in total. The summed E-state index contributed by atoms with van der Waals surface area (Å²) in [6.45, 7) is 2.09. The Balaban J connectivity index is 0.000000692. The van der Waals surface area contributed by atoms with Crippen molar-refractivity contribution in [2.45, 2.75) is 6.92 Å². The highest BCUT2D eigenvalue weighted by molar-refractivity contribution is 14.1. The third-order valence-electron chi connectivity index (χ3n) is 7.72. The first kappa shape index (κ1) is 41.3. The van der Waals surface area contributed by atoms with Gasteiger partial charge in [0.15, 0.2) is 69.8 Å². The highest BCUT2D eigenvalue weighted by Crippen LogP contribution is 2.30. The van der Waals surface area contributed by atoms with Crippen molar-refractivity contribution < 1.29 is 87.8 Å². The van der Waals surface area contributed by atoms with Crippen LogP contribution in [0.15, 0.2) is 24.3 Å². The number of aryl methyl sites for hydroxylation is 1. The minimum atomic E-state index is -7.22. The average Bonchev–Trinajstić information content (AvgIpc) is 3.12. The van der Waals surface area contributed by atoms with E-state index in [1.807, 2.05) is 0 Å². The average molecular weight is 897 g/mol. The van der Waals surface area contributed by atoms with Crippen LogP contribution in [-0.2, 0) is 0 Å². The maximum Gasteiger partial charge on any atom is 0.200 e. The fraction of sp³-hybridized carbons (Fsp3) is 0.0323. The van der Waals surface area contributed by atoms with Gasteiger partial charge in [0.25, 0.3) is 0 Å². The van der Waals surface area contributed by atoms with Crippen molar-refractivity contribution in [1.82, 2.24) is 0 Å². The SMILES string of the molecule is Cc1ccc(I)cc1.Fc1c(F)c(F)c([B-](c2c(F)c(F)c(F)c(F)c2F)(c2c(F)c(F)c(F)c(F)c2F)c2c(F)c(F)c(F)c(F)c2F)c(F)c1F. The Bertz CT molecular complexity index is 1910. The lowest BCUT2D eigenvalue weighted by atomic mass is 9.12. The molecular formula is C31H7BF20I-. The van der Waals surface area contributed by atoms with Crippen molar-refractivity contribution in [2.24, 2.45) is 0 Å². The molecule has 0 aromatic heterocycles. The quantitative estimate of drug-likeness (QED) is 0.0559. The molecule has 22 heteroatoms. The molecular weight excluding hydrogens is 890 g/mol. The molecule has 0 atom stereocenters. The Morgan fingerprint density at radius 2 is 0.434 bits per heavy atom. The highest BCUT2D eigenvalue weighted by atomic mass is 127. The molecule has 0 heterocycles. The largest absolute Gasteiger partial charge is 0.207 e. The van der Waals surface area contributed by atoms with Crippen LogP contribution in [0.1, 0.15) is 5.56 Å². The third-order valence-corrected chi connectivity index (χ3v) is 8.44. The monoisotopic (exact) mass is 897 g/mol. The molecule has 0 radical (unpaired) electrons. The van der Waals surface area contributed by atoms with E-state index in [1.54, 1.807) is 0 Å². The van der Waals surface area contributed by atoms with Crippen LogP contribution in [0, 0.1) is 127 Å². The summed E-state index contributed by atoms with van der Waals surface area (Å²) in [5.41, 5.74) is -13.0. The fourth-order valence-electron chi connectivity index (χ4n) is 5.41. The molecule has 0 fully saturated rings. The van der Waals surface area contributed by atoms with Crippen LogP contribution in [0.4, 0.5) is 87.8 Å². The zero-order chi connectivity index (χ0) is 40.3. The van der Waals surface area contributed by atoms with Crippen LogP contribution >= 0.6 is 22.6 Å². The number of rotatable bonds is 4. The molecule has 0 nitrogen and oxygen atoms in total. The third kappa shape index (κ3) is 6.24.